The van der Waals surface area contributed by atoms with Gasteiger partial charge in [-0.15, -0.1) is 0 Å². The van der Waals surface area contributed by atoms with Crippen LogP contribution in [0.25, 0.3) is 0 Å². The first-order valence-corrected chi connectivity index (χ1v) is 8.92. The highest BCUT2D eigenvalue weighted by Gasteiger charge is 2.43. The minimum atomic E-state index is -1.49. The summed E-state index contributed by atoms with van der Waals surface area (Å²) in [4.78, 5) is 46.0. The molecule has 12 heteroatoms. The minimum Gasteiger partial charge on any atom is -0.480 e. The summed E-state index contributed by atoms with van der Waals surface area (Å²) in [6, 6.07) is -3.29. The molecule has 0 aromatic carbocycles. The average molecular weight is 417 g/mol. The number of nitrogens with one attached hydrogen (secondary N) is 3. The van der Waals surface area contributed by atoms with Gasteiger partial charge in [0, 0.05) is 13.3 Å². The van der Waals surface area contributed by atoms with Crippen molar-refractivity contribution in [2.24, 2.45) is 0 Å². The minimum absolute atomic E-state index is 0.0340. The number of likely N-dealkylation sites (N-methyl/N-ethyl adjacent to an activating group) is 1. The van der Waals surface area contributed by atoms with E-state index in [0.717, 1.165) is 6.08 Å². The number of aliphatic carboxylic acids is 2. The number of carboxylic acids is 2. The second-order valence-electron chi connectivity index (χ2n) is 6.69. The molecule has 12 nitrogen and oxygen atoms in total. The third-order valence-electron chi connectivity index (χ3n) is 4.40. The van der Waals surface area contributed by atoms with Gasteiger partial charge < -0.3 is 41.1 Å². The number of carbonyl (C=O) groups is 4. The summed E-state index contributed by atoms with van der Waals surface area (Å²) in [5.74, 6) is -4.35. The third-order valence-corrected chi connectivity index (χ3v) is 4.40. The van der Waals surface area contributed by atoms with Gasteiger partial charge in [-0.05, 0) is 26.5 Å². The standard InChI is InChI=1S/C17H27N3O9/c1-7(21)13(19-8(2)22)15-14(10(23)6-11(29-15)17(27)28)20-12(24)5-4-9(18-3)16(25)26/h6-7,9-10,13-15,18,21,23H,4-5H2,1-3H3,(H,19,22)(H,20,24)(H,25,26)(H,27,28)/t7-,9-,10-,13-,14-,15?/m0/s1. The molecular weight excluding hydrogens is 390 g/mol. The van der Waals surface area contributed by atoms with Crippen LogP contribution >= 0.6 is 0 Å². The maximum Gasteiger partial charge on any atom is 0.370 e. The van der Waals surface area contributed by atoms with E-state index < -0.39 is 65.9 Å². The van der Waals surface area contributed by atoms with E-state index in [9.17, 15) is 29.4 Å². The Labute approximate surface area is 166 Å². The zero-order valence-electron chi connectivity index (χ0n) is 16.3. The van der Waals surface area contributed by atoms with Crippen molar-refractivity contribution in [3.8, 4) is 0 Å². The first kappa shape index (κ1) is 24.3. The third kappa shape index (κ3) is 7.00. The predicted octanol–water partition coefficient (Wildman–Crippen LogP) is -2.46. The molecule has 0 fully saturated rings. The fourth-order valence-corrected chi connectivity index (χ4v) is 2.93. The highest BCUT2D eigenvalue weighted by atomic mass is 16.5. The smallest absolute Gasteiger partial charge is 0.370 e. The van der Waals surface area contributed by atoms with Crippen LogP contribution in [0.15, 0.2) is 11.8 Å². The van der Waals surface area contributed by atoms with Gasteiger partial charge in [0.25, 0.3) is 0 Å². The number of hydrogen-bond donors (Lipinski definition) is 7. The number of ether oxygens (including phenoxy) is 1. The lowest BCUT2D eigenvalue weighted by Crippen LogP contribution is -2.63. The SMILES string of the molecule is CN[C@@H](CCC(=O)N[C@@H]1C([C@@H](NC(C)=O)[C@H](C)O)OC(C(=O)O)=C[C@@H]1O)C(=O)O. The molecule has 0 saturated carbocycles. The van der Waals surface area contributed by atoms with Crippen molar-refractivity contribution in [2.45, 2.75) is 63.1 Å². The van der Waals surface area contributed by atoms with E-state index in [1.165, 1.54) is 20.9 Å². The fourth-order valence-electron chi connectivity index (χ4n) is 2.93. The Kier molecular flexibility index (Phi) is 9.01. The number of hydrogen-bond acceptors (Lipinski definition) is 8. The molecule has 2 amide bonds. The van der Waals surface area contributed by atoms with Crippen LogP contribution in [0.4, 0.5) is 0 Å². The molecule has 0 spiro atoms. The van der Waals surface area contributed by atoms with Gasteiger partial charge in [0.1, 0.15) is 18.2 Å². The van der Waals surface area contributed by atoms with Crippen LogP contribution in [0.1, 0.15) is 26.7 Å². The Morgan fingerprint density at radius 2 is 1.86 bits per heavy atom. The van der Waals surface area contributed by atoms with Crippen LogP contribution in [-0.4, -0.2) is 87.7 Å². The first-order chi connectivity index (χ1) is 13.5. The molecule has 0 aromatic heterocycles. The zero-order valence-corrected chi connectivity index (χ0v) is 16.3. The molecule has 29 heavy (non-hydrogen) atoms. The molecule has 6 atom stereocenters. The summed E-state index contributed by atoms with van der Waals surface area (Å²) < 4.78 is 5.35. The van der Waals surface area contributed by atoms with Gasteiger partial charge in [-0.1, -0.05) is 0 Å². The molecule has 1 aliphatic rings. The predicted molar refractivity (Wildman–Crippen MR) is 97.5 cm³/mol. The van der Waals surface area contributed by atoms with E-state index in [1.54, 1.807) is 0 Å². The van der Waals surface area contributed by atoms with E-state index in [1.807, 2.05) is 0 Å². The fraction of sp³-hybridized carbons (Fsp3) is 0.647. The highest BCUT2D eigenvalue weighted by Crippen LogP contribution is 2.23. The molecule has 0 bridgehead atoms. The normalized spacial score (nSPS) is 24.3. The van der Waals surface area contributed by atoms with Crippen molar-refractivity contribution in [1.82, 2.24) is 16.0 Å². The Hall–Kier alpha value is -2.70. The second-order valence-corrected chi connectivity index (χ2v) is 6.69. The number of carbonyl (C=O) groups excluding carboxylic acids is 2. The van der Waals surface area contributed by atoms with Crippen LogP contribution in [0.3, 0.4) is 0 Å². The van der Waals surface area contributed by atoms with E-state index >= 15 is 0 Å². The van der Waals surface area contributed by atoms with Gasteiger partial charge >= 0.3 is 11.9 Å². The summed E-state index contributed by atoms with van der Waals surface area (Å²) in [6.07, 6.45) is -3.34. The molecule has 1 rings (SSSR count). The summed E-state index contributed by atoms with van der Waals surface area (Å²) in [5, 5.41) is 46.0. The molecule has 1 unspecified atom stereocenters. The highest BCUT2D eigenvalue weighted by molar-refractivity contribution is 5.85. The Morgan fingerprint density at radius 3 is 2.31 bits per heavy atom. The van der Waals surface area contributed by atoms with Crippen molar-refractivity contribution in [3.63, 3.8) is 0 Å². The average Bonchev–Trinajstić information content (AvgIpc) is 2.61. The largest absolute Gasteiger partial charge is 0.480 e. The van der Waals surface area contributed by atoms with Crippen LogP contribution in [0, 0.1) is 0 Å². The molecule has 7 N–H and O–H groups in total. The van der Waals surface area contributed by atoms with Gasteiger partial charge in [-0.2, -0.15) is 0 Å². The van der Waals surface area contributed by atoms with Crippen molar-refractivity contribution in [2.75, 3.05) is 7.05 Å². The summed E-state index contributed by atoms with van der Waals surface area (Å²) in [5.41, 5.74) is 0. The summed E-state index contributed by atoms with van der Waals surface area (Å²) in [6.45, 7) is 2.51. The zero-order chi connectivity index (χ0) is 22.3. The summed E-state index contributed by atoms with van der Waals surface area (Å²) in [7, 11) is 1.43. The Balaban J connectivity index is 3.04. The molecule has 1 aliphatic heterocycles. The van der Waals surface area contributed by atoms with Crippen molar-refractivity contribution in [3.05, 3.63) is 11.8 Å². The summed E-state index contributed by atoms with van der Waals surface area (Å²) >= 11 is 0. The molecule has 0 aromatic rings. The number of aliphatic hydroxyl groups excluding tert-OH is 2. The van der Waals surface area contributed by atoms with E-state index in [0.29, 0.717) is 0 Å². The molecule has 164 valence electrons. The van der Waals surface area contributed by atoms with Crippen molar-refractivity contribution < 1.29 is 44.3 Å². The quantitative estimate of drug-likeness (QED) is 0.200. The van der Waals surface area contributed by atoms with Crippen LogP contribution in [0.5, 0.6) is 0 Å². The van der Waals surface area contributed by atoms with Gasteiger partial charge in [-0.3, -0.25) is 14.4 Å². The number of amides is 2. The lowest BCUT2D eigenvalue weighted by atomic mass is 9.92. The lowest BCUT2D eigenvalue weighted by Gasteiger charge is -2.40. The van der Waals surface area contributed by atoms with Gasteiger partial charge in [-0.25, -0.2) is 4.79 Å². The molecule has 0 radical (unpaired) electrons. The maximum absolute atomic E-state index is 12.3. The van der Waals surface area contributed by atoms with Crippen LogP contribution in [0.2, 0.25) is 0 Å². The Morgan fingerprint density at radius 1 is 1.24 bits per heavy atom. The van der Waals surface area contributed by atoms with Crippen molar-refractivity contribution in [1.29, 1.82) is 0 Å². The molecular formula is C17H27N3O9. The second kappa shape index (κ2) is 10.7. The monoisotopic (exact) mass is 417 g/mol. The van der Waals surface area contributed by atoms with E-state index in [2.05, 4.69) is 16.0 Å². The van der Waals surface area contributed by atoms with Crippen molar-refractivity contribution >= 4 is 23.8 Å². The number of aliphatic hydroxyl groups is 2. The maximum atomic E-state index is 12.3. The van der Waals surface area contributed by atoms with Crippen LogP contribution < -0.4 is 16.0 Å². The van der Waals surface area contributed by atoms with E-state index in [-0.39, 0.29) is 12.8 Å². The molecule has 0 saturated heterocycles. The molecule has 0 aliphatic carbocycles. The van der Waals surface area contributed by atoms with Gasteiger partial charge in [0.2, 0.25) is 17.6 Å². The van der Waals surface area contributed by atoms with E-state index in [4.69, 9.17) is 14.9 Å². The number of rotatable bonds is 10. The topological polar surface area (TPSA) is 195 Å². The first-order valence-electron chi connectivity index (χ1n) is 8.92. The van der Waals surface area contributed by atoms with Gasteiger partial charge in [0.15, 0.2) is 0 Å². The lowest BCUT2D eigenvalue weighted by molar-refractivity contribution is -0.142. The van der Waals surface area contributed by atoms with Crippen LogP contribution in [-0.2, 0) is 23.9 Å². The Bertz CT molecular complexity index is 665. The number of carboxylic acid groups (broad SMARTS) is 2. The molecule has 1 heterocycles. The van der Waals surface area contributed by atoms with Gasteiger partial charge in [0.05, 0.1) is 18.2 Å².